The van der Waals surface area contributed by atoms with Crippen LogP contribution in [0.25, 0.3) is 10.1 Å². The first kappa shape index (κ1) is 19.3. The Morgan fingerprint density at radius 2 is 2.11 bits per heavy atom. The van der Waals surface area contributed by atoms with E-state index < -0.39 is 24.5 Å². The maximum absolute atomic E-state index is 12.6. The van der Waals surface area contributed by atoms with Crippen molar-refractivity contribution in [3.63, 3.8) is 0 Å². The second-order valence-electron chi connectivity index (χ2n) is 5.94. The molecule has 0 aliphatic carbocycles. The maximum atomic E-state index is 12.6. The normalized spacial score (nSPS) is 12.1. The molecule has 0 aliphatic heterocycles. The van der Waals surface area contributed by atoms with Gasteiger partial charge in [-0.05, 0) is 32.0 Å². The van der Waals surface area contributed by atoms with Gasteiger partial charge < -0.3 is 20.9 Å². The van der Waals surface area contributed by atoms with Gasteiger partial charge in [0, 0.05) is 21.2 Å². The van der Waals surface area contributed by atoms with Crippen LogP contribution in [0.4, 0.5) is 0 Å². The third-order valence-electron chi connectivity index (χ3n) is 3.94. The molecule has 4 N–H and O–H groups in total. The van der Waals surface area contributed by atoms with Crippen LogP contribution in [0.5, 0.6) is 5.75 Å². The molecule has 2 amide bonds. The molecule has 9 heteroatoms. The number of aromatic nitrogens is 1. The molecular formula is C18H19N3O4S2. The smallest absolute Gasteiger partial charge is 0.253 e. The number of nitrogens with one attached hydrogen (secondary N) is 1. The van der Waals surface area contributed by atoms with E-state index in [1.807, 2.05) is 26.0 Å². The second-order valence-corrected chi connectivity index (χ2v) is 8.51. The molecule has 2 aromatic heterocycles. The molecule has 27 heavy (non-hydrogen) atoms. The van der Waals surface area contributed by atoms with Gasteiger partial charge in [0.2, 0.25) is 5.91 Å². The average Bonchev–Trinajstić information content (AvgIpc) is 3.19. The largest absolute Gasteiger partial charge is 0.488 e. The van der Waals surface area contributed by atoms with Gasteiger partial charge in [-0.25, -0.2) is 4.98 Å². The van der Waals surface area contributed by atoms with Crippen LogP contribution in [0.15, 0.2) is 24.4 Å². The third-order valence-corrected chi connectivity index (χ3v) is 5.92. The van der Waals surface area contributed by atoms with Crippen LogP contribution in [0.3, 0.4) is 0 Å². The lowest BCUT2D eigenvalue weighted by atomic mass is 10.1. The van der Waals surface area contributed by atoms with Gasteiger partial charge in [0.15, 0.2) is 0 Å². The number of aliphatic hydroxyl groups excluding tert-OH is 1. The van der Waals surface area contributed by atoms with Crippen LogP contribution in [0.1, 0.15) is 25.1 Å². The van der Waals surface area contributed by atoms with Gasteiger partial charge in [-0.2, -0.15) is 0 Å². The number of aryl methyl sites for hydroxylation is 2. The Morgan fingerprint density at radius 3 is 2.74 bits per heavy atom. The summed E-state index contributed by atoms with van der Waals surface area (Å²) in [6.45, 7) is 3.62. The summed E-state index contributed by atoms with van der Waals surface area (Å²) in [4.78, 5) is 29.9. The number of benzene rings is 1. The lowest BCUT2D eigenvalue weighted by Crippen LogP contribution is -2.46. The highest BCUT2D eigenvalue weighted by Crippen LogP contribution is 2.33. The molecule has 2 heterocycles. The zero-order valence-electron chi connectivity index (χ0n) is 14.8. The number of carbonyl (C=O) groups excluding carboxylic acids is 2. The average molecular weight is 406 g/mol. The minimum atomic E-state index is -1.12. The molecule has 7 nitrogen and oxygen atoms in total. The van der Waals surface area contributed by atoms with Gasteiger partial charge in [-0.15, -0.1) is 22.7 Å². The lowest BCUT2D eigenvalue weighted by Gasteiger charge is -2.13. The van der Waals surface area contributed by atoms with Crippen molar-refractivity contribution < 1.29 is 19.4 Å². The van der Waals surface area contributed by atoms with Gasteiger partial charge >= 0.3 is 0 Å². The Labute approximate surface area is 163 Å². The third kappa shape index (κ3) is 4.26. The number of primary amides is 1. The number of thiazole rings is 1. The number of ether oxygens (including phenoxy) is 1. The van der Waals surface area contributed by atoms with Crippen molar-refractivity contribution >= 4 is 44.6 Å². The standard InChI is InChI=1S/C18H19N3O4S2/c1-9-16(18(24)21-14(7-22)17(19)23)13-5-11(3-4-15(13)26-9)25-8-12-6-20-10(2)27-12/h3-6,14,22H,7-8H2,1-2H3,(H2,19,23)(H,21,24)/t14-/m0/s1. The Morgan fingerprint density at radius 1 is 1.33 bits per heavy atom. The molecule has 0 spiro atoms. The number of hydrogen-bond acceptors (Lipinski definition) is 7. The van der Waals surface area contributed by atoms with Crippen LogP contribution < -0.4 is 15.8 Å². The number of aliphatic hydroxyl groups is 1. The lowest BCUT2D eigenvalue weighted by molar-refractivity contribution is -0.120. The van der Waals surface area contributed by atoms with E-state index in [1.165, 1.54) is 11.3 Å². The van der Waals surface area contributed by atoms with Gasteiger partial charge in [0.25, 0.3) is 5.91 Å². The fraction of sp³-hybridized carbons (Fsp3) is 0.278. The van der Waals surface area contributed by atoms with Crippen molar-refractivity contribution in [3.8, 4) is 5.75 Å². The monoisotopic (exact) mass is 405 g/mol. The van der Waals surface area contributed by atoms with Crippen LogP contribution >= 0.6 is 22.7 Å². The first-order chi connectivity index (χ1) is 12.9. The summed E-state index contributed by atoms with van der Waals surface area (Å²) in [6.07, 6.45) is 1.78. The van der Waals surface area contributed by atoms with Crippen molar-refractivity contribution in [1.29, 1.82) is 0 Å². The number of rotatable bonds is 7. The Kier molecular flexibility index (Phi) is 5.73. The molecule has 0 aliphatic rings. The van der Waals surface area contributed by atoms with Gasteiger partial charge in [-0.1, -0.05) is 0 Å². The highest BCUT2D eigenvalue weighted by molar-refractivity contribution is 7.19. The van der Waals surface area contributed by atoms with E-state index in [4.69, 9.17) is 10.5 Å². The van der Waals surface area contributed by atoms with E-state index in [0.717, 1.165) is 24.8 Å². The Hall–Kier alpha value is -2.49. The number of thiophene rings is 1. The van der Waals surface area contributed by atoms with E-state index in [9.17, 15) is 14.7 Å². The summed E-state index contributed by atoms with van der Waals surface area (Å²) in [6, 6.07) is 4.43. The summed E-state index contributed by atoms with van der Waals surface area (Å²) < 4.78 is 6.76. The number of fused-ring (bicyclic) bond motifs is 1. The maximum Gasteiger partial charge on any atom is 0.253 e. The zero-order chi connectivity index (χ0) is 19.6. The molecule has 0 saturated carbocycles. The summed E-state index contributed by atoms with van der Waals surface area (Å²) in [5.74, 6) is -0.604. The molecule has 142 valence electrons. The first-order valence-corrected chi connectivity index (χ1v) is 9.80. The van der Waals surface area contributed by atoms with Crippen LogP contribution in [-0.4, -0.2) is 34.6 Å². The second kappa shape index (κ2) is 8.03. The summed E-state index contributed by atoms with van der Waals surface area (Å²) in [7, 11) is 0. The van der Waals surface area contributed by atoms with Crippen LogP contribution in [0, 0.1) is 13.8 Å². The van der Waals surface area contributed by atoms with Crippen molar-refractivity contribution in [1.82, 2.24) is 10.3 Å². The molecule has 1 aromatic carbocycles. The number of nitrogens with zero attached hydrogens (tertiary/aromatic N) is 1. The first-order valence-electron chi connectivity index (χ1n) is 8.17. The number of hydrogen-bond donors (Lipinski definition) is 3. The molecule has 0 unspecified atom stereocenters. The van der Waals surface area contributed by atoms with Crippen molar-refractivity contribution in [2.24, 2.45) is 5.73 Å². The Balaban J connectivity index is 1.85. The predicted octanol–water partition coefficient (Wildman–Crippen LogP) is 2.13. The van der Waals surface area contributed by atoms with Crippen LogP contribution in [0.2, 0.25) is 0 Å². The molecule has 1 atom stereocenters. The van der Waals surface area contributed by atoms with Crippen molar-refractivity contribution in [2.75, 3.05) is 6.61 Å². The van der Waals surface area contributed by atoms with Crippen LogP contribution in [-0.2, 0) is 11.4 Å². The highest BCUT2D eigenvalue weighted by atomic mass is 32.1. The molecule has 3 rings (SSSR count). The molecule has 0 bridgehead atoms. The molecular weight excluding hydrogens is 386 g/mol. The predicted molar refractivity (Wildman–Crippen MR) is 105 cm³/mol. The number of nitrogens with two attached hydrogens (primary N) is 1. The summed E-state index contributed by atoms with van der Waals surface area (Å²) in [5, 5.41) is 13.4. The van der Waals surface area contributed by atoms with Crippen molar-refractivity contribution in [3.05, 3.63) is 44.7 Å². The van der Waals surface area contributed by atoms with Crippen molar-refractivity contribution in [2.45, 2.75) is 26.5 Å². The molecule has 0 saturated heterocycles. The fourth-order valence-electron chi connectivity index (χ4n) is 2.63. The summed E-state index contributed by atoms with van der Waals surface area (Å²) >= 11 is 3.04. The molecule has 3 aromatic rings. The van der Waals surface area contributed by atoms with E-state index in [1.54, 1.807) is 23.6 Å². The molecule has 0 radical (unpaired) electrons. The molecule has 0 fully saturated rings. The van der Waals surface area contributed by atoms with Gasteiger partial charge in [0.05, 0.1) is 22.1 Å². The Bertz CT molecular complexity index is 996. The fourth-order valence-corrected chi connectivity index (χ4v) is 4.38. The van der Waals surface area contributed by atoms with Gasteiger partial charge in [-0.3, -0.25) is 9.59 Å². The minimum Gasteiger partial charge on any atom is -0.488 e. The van der Waals surface area contributed by atoms with E-state index >= 15 is 0 Å². The SMILES string of the molecule is Cc1ncc(COc2ccc3sc(C)c(C(=O)N[C@@H](CO)C(N)=O)c3c2)s1. The number of amides is 2. The minimum absolute atomic E-state index is 0.399. The highest BCUT2D eigenvalue weighted by Gasteiger charge is 2.22. The zero-order valence-corrected chi connectivity index (χ0v) is 16.4. The van der Waals surface area contributed by atoms with E-state index in [-0.39, 0.29) is 0 Å². The number of carbonyl (C=O) groups is 2. The van der Waals surface area contributed by atoms with E-state index in [0.29, 0.717) is 17.9 Å². The quantitative estimate of drug-likeness (QED) is 0.557. The summed E-state index contributed by atoms with van der Waals surface area (Å²) in [5.41, 5.74) is 5.64. The topological polar surface area (TPSA) is 115 Å². The van der Waals surface area contributed by atoms with E-state index in [2.05, 4.69) is 10.3 Å². The van der Waals surface area contributed by atoms with Gasteiger partial charge in [0.1, 0.15) is 18.4 Å².